The van der Waals surface area contributed by atoms with E-state index in [0.29, 0.717) is 19.3 Å². The first-order chi connectivity index (χ1) is 34.0. The lowest BCUT2D eigenvalue weighted by atomic mass is 10.0. The molecule has 0 spiro atoms. The van der Waals surface area contributed by atoms with Crippen molar-refractivity contribution >= 4 is 17.9 Å². The summed E-state index contributed by atoms with van der Waals surface area (Å²) in [7, 11) is 0. The Kier molecular flexibility index (Phi) is 53.0. The molecule has 0 aromatic rings. The van der Waals surface area contributed by atoms with Gasteiger partial charge in [-0.15, -0.1) is 0 Å². The summed E-state index contributed by atoms with van der Waals surface area (Å²) in [6, 6.07) is 0. The minimum absolute atomic E-state index is 0.119. The Labute approximate surface area is 424 Å². The number of esters is 3. The second kappa shape index (κ2) is 56.4. The molecule has 0 aliphatic heterocycles. The fourth-order valence-electron chi connectivity index (χ4n) is 7.34. The van der Waals surface area contributed by atoms with Crippen LogP contribution >= 0.6 is 0 Å². The first-order valence-corrected chi connectivity index (χ1v) is 28.0. The van der Waals surface area contributed by atoms with Crippen molar-refractivity contribution in [2.45, 2.75) is 245 Å². The number of allylic oxidation sites excluding steroid dienone is 20. The molecule has 0 N–H and O–H groups in total. The van der Waals surface area contributed by atoms with Gasteiger partial charge in [-0.05, 0) is 96.3 Å². The molecule has 0 aromatic heterocycles. The zero-order valence-corrected chi connectivity index (χ0v) is 44.5. The van der Waals surface area contributed by atoms with Crippen molar-refractivity contribution in [1.29, 1.82) is 0 Å². The molecular formula is C63H102O6. The van der Waals surface area contributed by atoms with Crippen LogP contribution in [0.15, 0.2) is 122 Å². The van der Waals surface area contributed by atoms with Crippen LogP contribution in [0.1, 0.15) is 239 Å². The number of ether oxygens (including phenoxy) is 3. The van der Waals surface area contributed by atoms with Crippen LogP contribution in [0.5, 0.6) is 0 Å². The lowest BCUT2D eigenvalue weighted by Gasteiger charge is -2.18. The van der Waals surface area contributed by atoms with Crippen molar-refractivity contribution in [2.75, 3.05) is 13.2 Å². The van der Waals surface area contributed by atoms with Gasteiger partial charge in [-0.25, -0.2) is 0 Å². The lowest BCUT2D eigenvalue weighted by Crippen LogP contribution is -2.30. The smallest absolute Gasteiger partial charge is 0.306 e. The molecule has 0 aliphatic rings. The van der Waals surface area contributed by atoms with Crippen molar-refractivity contribution in [2.24, 2.45) is 0 Å². The van der Waals surface area contributed by atoms with Gasteiger partial charge >= 0.3 is 17.9 Å². The SMILES string of the molecule is CC/C=C\C/C=C\C/C=C\C/C=C\C/C=C\CCCC(=O)OC[C@@H](COC(=O)CCCCCCCCCCCCCCCCCCC)OC(=O)CCC/C=C\C/C=C\C/C=C\C/C=C\C/C=C\CC. The number of hydrogen-bond donors (Lipinski definition) is 0. The predicted octanol–water partition coefficient (Wildman–Crippen LogP) is 18.9. The highest BCUT2D eigenvalue weighted by atomic mass is 16.6. The Balaban J connectivity index is 4.56. The number of carbonyl (C=O) groups excluding carboxylic acids is 3. The maximum Gasteiger partial charge on any atom is 0.306 e. The van der Waals surface area contributed by atoms with E-state index in [-0.39, 0.29) is 44.0 Å². The van der Waals surface area contributed by atoms with Crippen molar-refractivity contribution < 1.29 is 28.6 Å². The molecule has 0 rings (SSSR count). The first-order valence-electron chi connectivity index (χ1n) is 28.0. The van der Waals surface area contributed by atoms with E-state index in [4.69, 9.17) is 14.2 Å². The van der Waals surface area contributed by atoms with Gasteiger partial charge in [0, 0.05) is 19.3 Å². The number of unbranched alkanes of at least 4 members (excludes halogenated alkanes) is 18. The minimum Gasteiger partial charge on any atom is -0.462 e. The molecule has 0 unspecified atom stereocenters. The summed E-state index contributed by atoms with van der Waals surface area (Å²) in [6.07, 6.45) is 77.7. The van der Waals surface area contributed by atoms with Crippen LogP contribution in [0.25, 0.3) is 0 Å². The van der Waals surface area contributed by atoms with E-state index < -0.39 is 6.10 Å². The van der Waals surface area contributed by atoms with Crippen LogP contribution in [0.2, 0.25) is 0 Å². The third-order valence-corrected chi connectivity index (χ3v) is 11.5. The molecule has 390 valence electrons. The summed E-state index contributed by atoms with van der Waals surface area (Å²) < 4.78 is 16.8. The summed E-state index contributed by atoms with van der Waals surface area (Å²) in [5.41, 5.74) is 0. The third kappa shape index (κ3) is 54.6. The van der Waals surface area contributed by atoms with Crippen LogP contribution in [-0.2, 0) is 28.6 Å². The topological polar surface area (TPSA) is 78.9 Å². The molecule has 0 aliphatic carbocycles. The number of rotatable bonds is 49. The van der Waals surface area contributed by atoms with E-state index >= 15 is 0 Å². The third-order valence-electron chi connectivity index (χ3n) is 11.5. The Morgan fingerprint density at radius 3 is 0.884 bits per heavy atom. The molecule has 69 heavy (non-hydrogen) atoms. The summed E-state index contributed by atoms with van der Waals surface area (Å²) >= 11 is 0. The van der Waals surface area contributed by atoms with Crippen molar-refractivity contribution in [3.05, 3.63) is 122 Å². The first kappa shape index (κ1) is 64.8. The maximum atomic E-state index is 12.8. The second-order valence-corrected chi connectivity index (χ2v) is 18.1. The van der Waals surface area contributed by atoms with Gasteiger partial charge in [0.2, 0.25) is 0 Å². The highest BCUT2D eigenvalue weighted by Gasteiger charge is 2.19. The summed E-state index contributed by atoms with van der Waals surface area (Å²) in [4.78, 5) is 38.1. The average Bonchev–Trinajstić information content (AvgIpc) is 3.35. The molecule has 0 amide bonds. The van der Waals surface area contributed by atoms with E-state index in [0.717, 1.165) is 96.3 Å². The van der Waals surface area contributed by atoms with Crippen LogP contribution in [0.4, 0.5) is 0 Å². The fraction of sp³-hybridized carbons (Fsp3) is 0.635. The number of hydrogen-bond acceptors (Lipinski definition) is 6. The average molecular weight is 956 g/mol. The molecule has 0 fully saturated rings. The normalized spacial score (nSPS) is 13.0. The molecule has 1 atom stereocenters. The molecular weight excluding hydrogens is 853 g/mol. The Hall–Kier alpha value is -4.19. The molecule has 0 radical (unpaired) electrons. The second-order valence-electron chi connectivity index (χ2n) is 18.1. The zero-order chi connectivity index (χ0) is 50.0. The van der Waals surface area contributed by atoms with Crippen molar-refractivity contribution in [1.82, 2.24) is 0 Å². The van der Waals surface area contributed by atoms with Crippen LogP contribution < -0.4 is 0 Å². The van der Waals surface area contributed by atoms with E-state index in [2.05, 4.69) is 142 Å². The van der Waals surface area contributed by atoms with E-state index in [1.807, 2.05) is 0 Å². The van der Waals surface area contributed by atoms with Crippen LogP contribution in [0.3, 0.4) is 0 Å². The predicted molar refractivity (Wildman–Crippen MR) is 297 cm³/mol. The summed E-state index contributed by atoms with van der Waals surface area (Å²) in [5, 5.41) is 0. The van der Waals surface area contributed by atoms with Gasteiger partial charge in [0.15, 0.2) is 6.10 Å². The van der Waals surface area contributed by atoms with Crippen LogP contribution in [-0.4, -0.2) is 37.2 Å². The molecule has 6 heteroatoms. The van der Waals surface area contributed by atoms with Gasteiger partial charge in [-0.2, -0.15) is 0 Å². The van der Waals surface area contributed by atoms with Crippen molar-refractivity contribution in [3.63, 3.8) is 0 Å². The van der Waals surface area contributed by atoms with Gasteiger partial charge in [0.05, 0.1) is 0 Å². The highest BCUT2D eigenvalue weighted by Crippen LogP contribution is 2.15. The van der Waals surface area contributed by atoms with Crippen molar-refractivity contribution in [3.8, 4) is 0 Å². The quantitative estimate of drug-likeness (QED) is 0.0262. The van der Waals surface area contributed by atoms with E-state index in [9.17, 15) is 14.4 Å². The van der Waals surface area contributed by atoms with Gasteiger partial charge < -0.3 is 14.2 Å². The number of carbonyl (C=O) groups is 3. The molecule has 0 aromatic carbocycles. The molecule has 0 heterocycles. The summed E-state index contributed by atoms with van der Waals surface area (Å²) in [5.74, 6) is -1.04. The Bertz CT molecular complexity index is 1470. The van der Waals surface area contributed by atoms with Gasteiger partial charge in [-0.3, -0.25) is 14.4 Å². The molecule has 0 saturated heterocycles. The van der Waals surface area contributed by atoms with Gasteiger partial charge in [-0.1, -0.05) is 245 Å². The Morgan fingerprint density at radius 2 is 0.565 bits per heavy atom. The monoisotopic (exact) mass is 955 g/mol. The molecule has 6 nitrogen and oxygen atoms in total. The van der Waals surface area contributed by atoms with Crippen LogP contribution in [0, 0.1) is 0 Å². The van der Waals surface area contributed by atoms with E-state index in [1.54, 1.807) is 0 Å². The Morgan fingerprint density at radius 1 is 0.304 bits per heavy atom. The highest BCUT2D eigenvalue weighted by molar-refractivity contribution is 5.71. The van der Waals surface area contributed by atoms with E-state index in [1.165, 1.54) is 89.9 Å². The lowest BCUT2D eigenvalue weighted by molar-refractivity contribution is -0.167. The summed E-state index contributed by atoms with van der Waals surface area (Å²) in [6.45, 7) is 6.32. The fourth-order valence-corrected chi connectivity index (χ4v) is 7.34. The minimum atomic E-state index is -0.833. The van der Waals surface area contributed by atoms with Gasteiger partial charge in [0.25, 0.3) is 0 Å². The van der Waals surface area contributed by atoms with Gasteiger partial charge in [0.1, 0.15) is 13.2 Å². The standard InChI is InChI=1S/C63H102O6/c1-4-7-10-13-16-19-22-25-28-31-34-37-40-43-46-49-52-55-61(64)67-58-60(69-63(66)57-54-51-48-45-42-39-36-33-30-27-24-21-18-15-12-9-6-3)59-68-62(65)56-53-50-47-44-41-38-35-32-29-26-23-20-17-14-11-8-5-2/h7,9-10,12,16,18-19,21,25,27-28,30,34,36-37,39,43,45-46,48,60H,4-6,8,11,13-15,17,20,22-24,26,29,31-33,35,38,40-42,44,47,49-59H2,1-3H3/b10-7-,12-9-,19-16-,21-18-,28-25-,30-27-,37-34-,39-36-,46-43-,48-45-/t60-/m0/s1. The molecule has 0 saturated carbocycles. The maximum absolute atomic E-state index is 12.8. The zero-order valence-electron chi connectivity index (χ0n) is 44.5. The molecule has 0 bridgehead atoms. The largest absolute Gasteiger partial charge is 0.462 e.